The summed E-state index contributed by atoms with van der Waals surface area (Å²) in [5.41, 5.74) is 0.590. The highest BCUT2D eigenvalue weighted by Gasteiger charge is 2.32. The Kier molecular flexibility index (Phi) is 5.05. The van der Waals surface area contributed by atoms with Gasteiger partial charge in [0.25, 0.3) is 5.91 Å². The van der Waals surface area contributed by atoms with Gasteiger partial charge in [0.15, 0.2) is 11.5 Å². The molecule has 2 saturated heterocycles. The number of ether oxygens (including phenoxy) is 4. The zero-order valence-electron chi connectivity index (χ0n) is 14.2. The summed E-state index contributed by atoms with van der Waals surface area (Å²) in [4.78, 5) is 15.0. The molecule has 1 aromatic carbocycles. The van der Waals surface area contributed by atoms with Crippen LogP contribution < -0.4 is 14.8 Å². The molecule has 4 rings (SSSR count). The molecule has 25 heavy (non-hydrogen) atoms. The summed E-state index contributed by atoms with van der Waals surface area (Å²) in [5.74, 6) is 1.68. The molecule has 7 nitrogen and oxygen atoms in total. The minimum Gasteiger partial charge on any atom is -0.454 e. The molecule has 0 spiro atoms. The quantitative estimate of drug-likeness (QED) is 0.852. The van der Waals surface area contributed by atoms with Crippen molar-refractivity contribution in [1.29, 1.82) is 0 Å². The van der Waals surface area contributed by atoms with Crippen molar-refractivity contribution >= 4 is 5.91 Å². The second kappa shape index (κ2) is 7.59. The highest BCUT2D eigenvalue weighted by Crippen LogP contribution is 2.32. The molecule has 2 fully saturated rings. The number of hydrogen-bond acceptors (Lipinski definition) is 6. The molecule has 136 valence electrons. The Balaban J connectivity index is 1.40. The van der Waals surface area contributed by atoms with E-state index in [2.05, 4.69) is 10.2 Å². The van der Waals surface area contributed by atoms with Crippen LogP contribution in [0.15, 0.2) is 18.2 Å². The van der Waals surface area contributed by atoms with E-state index in [4.69, 9.17) is 18.9 Å². The van der Waals surface area contributed by atoms with Crippen LogP contribution in [0.5, 0.6) is 11.5 Å². The van der Waals surface area contributed by atoms with Gasteiger partial charge in [-0.05, 0) is 24.6 Å². The molecular weight excluding hydrogens is 324 g/mol. The van der Waals surface area contributed by atoms with E-state index in [1.54, 1.807) is 18.2 Å². The number of rotatable bonds is 5. The van der Waals surface area contributed by atoms with Gasteiger partial charge in [0.05, 0.1) is 19.8 Å². The predicted octanol–water partition coefficient (Wildman–Crippen LogP) is 0.882. The third kappa shape index (κ3) is 3.73. The number of fused-ring (bicyclic) bond motifs is 1. The highest BCUT2D eigenvalue weighted by atomic mass is 16.7. The summed E-state index contributed by atoms with van der Waals surface area (Å²) in [6.45, 7) is 5.70. The minimum atomic E-state index is -0.0875. The van der Waals surface area contributed by atoms with Crippen molar-refractivity contribution in [3.63, 3.8) is 0 Å². The van der Waals surface area contributed by atoms with E-state index in [1.807, 2.05) is 0 Å². The van der Waals surface area contributed by atoms with Gasteiger partial charge in [-0.25, -0.2) is 0 Å². The lowest BCUT2D eigenvalue weighted by molar-refractivity contribution is 0.00166. The highest BCUT2D eigenvalue weighted by molar-refractivity contribution is 5.94. The van der Waals surface area contributed by atoms with Crippen LogP contribution in [-0.2, 0) is 9.47 Å². The molecule has 0 unspecified atom stereocenters. The maximum Gasteiger partial charge on any atom is 0.251 e. The number of nitrogens with zero attached hydrogens (tertiary/aromatic N) is 1. The summed E-state index contributed by atoms with van der Waals surface area (Å²) in [6, 6.07) is 5.57. The van der Waals surface area contributed by atoms with Crippen LogP contribution in [0.2, 0.25) is 0 Å². The Morgan fingerprint density at radius 3 is 2.80 bits per heavy atom. The Bertz CT molecular complexity index is 611. The largest absolute Gasteiger partial charge is 0.454 e. The van der Waals surface area contributed by atoms with E-state index >= 15 is 0 Å². The van der Waals surface area contributed by atoms with Crippen LogP contribution in [0, 0.1) is 5.92 Å². The summed E-state index contributed by atoms with van der Waals surface area (Å²) in [7, 11) is 0. The standard InChI is InChI=1S/C18H24N2O5/c21-18(13-1-2-16-17(9-13)25-12-24-16)19-10-15(14-3-6-23-11-14)20-4-7-22-8-5-20/h1-2,9,14-15H,3-8,10-12H2,(H,19,21)/t14-,15+/m1/s1. The lowest BCUT2D eigenvalue weighted by Gasteiger charge is -2.37. The molecule has 0 bridgehead atoms. The number of morpholine rings is 1. The SMILES string of the molecule is O=C(NC[C@@H]([C@@H]1CCOC1)N1CCOCC1)c1ccc2c(c1)OCO2. The smallest absolute Gasteiger partial charge is 0.251 e. The van der Waals surface area contributed by atoms with E-state index < -0.39 is 0 Å². The van der Waals surface area contributed by atoms with Crippen LogP contribution >= 0.6 is 0 Å². The predicted molar refractivity (Wildman–Crippen MR) is 90.0 cm³/mol. The second-order valence-electron chi connectivity index (χ2n) is 6.62. The van der Waals surface area contributed by atoms with Crippen molar-refractivity contribution in [3.05, 3.63) is 23.8 Å². The number of benzene rings is 1. The van der Waals surface area contributed by atoms with Gasteiger partial charge in [-0.2, -0.15) is 0 Å². The Morgan fingerprint density at radius 1 is 1.16 bits per heavy atom. The van der Waals surface area contributed by atoms with E-state index in [-0.39, 0.29) is 18.7 Å². The first kappa shape index (κ1) is 16.6. The van der Waals surface area contributed by atoms with Gasteiger partial charge in [-0.3, -0.25) is 9.69 Å². The van der Waals surface area contributed by atoms with Gasteiger partial charge in [0, 0.05) is 43.8 Å². The van der Waals surface area contributed by atoms with Crippen molar-refractivity contribution in [2.24, 2.45) is 5.92 Å². The summed E-state index contributed by atoms with van der Waals surface area (Å²) in [6.07, 6.45) is 1.04. The molecular formula is C18H24N2O5. The molecule has 3 aliphatic rings. The Labute approximate surface area is 147 Å². The fraction of sp³-hybridized carbons (Fsp3) is 0.611. The topological polar surface area (TPSA) is 69.3 Å². The van der Waals surface area contributed by atoms with E-state index in [1.165, 1.54) is 0 Å². The first-order chi connectivity index (χ1) is 12.3. The molecule has 1 N–H and O–H groups in total. The van der Waals surface area contributed by atoms with Crippen LogP contribution in [0.3, 0.4) is 0 Å². The molecule has 0 aromatic heterocycles. The molecule has 0 aliphatic carbocycles. The van der Waals surface area contributed by atoms with Gasteiger partial charge >= 0.3 is 0 Å². The minimum absolute atomic E-state index is 0.0875. The molecule has 3 heterocycles. The fourth-order valence-corrected chi connectivity index (χ4v) is 3.70. The lowest BCUT2D eigenvalue weighted by Crippen LogP contribution is -2.52. The van der Waals surface area contributed by atoms with Crippen molar-refractivity contribution < 1.29 is 23.7 Å². The fourth-order valence-electron chi connectivity index (χ4n) is 3.70. The summed E-state index contributed by atoms with van der Waals surface area (Å²) in [5, 5.41) is 3.09. The molecule has 0 saturated carbocycles. The number of carbonyl (C=O) groups is 1. The lowest BCUT2D eigenvalue weighted by atomic mass is 9.96. The summed E-state index contributed by atoms with van der Waals surface area (Å²) < 4.78 is 21.7. The van der Waals surface area contributed by atoms with Gasteiger partial charge in [-0.15, -0.1) is 0 Å². The van der Waals surface area contributed by atoms with E-state index in [0.717, 1.165) is 45.9 Å². The second-order valence-corrected chi connectivity index (χ2v) is 6.62. The van der Waals surface area contributed by atoms with Gasteiger partial charge in [-0.1, -0.05) is 0 Å². The zero-order chi connectivity index (χ0) is 17.1. The van der Waals surface area contributed by atoms with Crippen molar-refractivity contribution in [2.75, 3.05) is 52.9 Å². The molecule has 2 atom stereocenters. The number of nitrogens with one attached hydrogen (secondary N) is 1. The average molecular weight is 348 g/mol. The van der Waals surface area contributed by atoms with E-state index in [0.29, 0.717) is 29.5 Å². The van der Waals surface area contributed by atoms with E-state index in [9.17, 15) is 4.79 Å². The first-order valence-electron chi connectivity index (χ1n) is 8.88. The van der Waals surface area contributed by atoms with Gasteiger partial charge in [0.1, 0.15) is 0 Å². The molecule has 0 radical (unpaired) electrons. The Morgan fingerprint density at radius 2 is 2.00 bits per heavy atom. The monoisotopic (exact) mass is 348 g/mol. The normalized spacial score (nSPS) is 24.2. The third-order valence-electron chi connectivity index (χ3n) is 5.13. The van der Waals surface area contributed by atoms with Crippen LogP contribution in [0.4, 0.5) is 0 Å². The number of hydrogen-bond donors (Lipinski definition) is 1. The van der Waals surface area contributed by atoms with Gasteiger partial charge in [0.2, 0.25) is 6.79 Å². The van der Waals surface area contributed by atoms with Gasteiger partial charge < -0.3 is 24.3 Å². The third-order valence-corrected chi connectivity index (χ3v) is 5.13. The number of carbonyl (C=O) groups excluding carboxylic acids is 1. The Hall–Kier alpha value is -1.83. The number of amides is 1. The first-order valence-corrected chi connectivity index (χ1v) is 8.88. The maximum atomic E-state index is 12.6. The average Bonchev–Trinajstić information content (AvgIpc) is 3.34. The molecule has 1 aromatic rings. The zero-order valence-corrected chi connectivity index (χ0v) is 14.2. The van der Waals surface area contributed by atoms with Crippen molar-refractivity contribution in [3.8, 4) is 11.5 Å². The maximum absolute atomic E-state index is 12.6. The van der Waals surface area contributed by atoms with Crippen molar-refractivity contribution in [2.45, 2.75) is 12.5 Å². The van der Waals surface area contributed by atoms with Crippen molar-refractivity contribution in [1.82, 2.24) is 10.2 Å². The summed E-state index contributed by atoms with van der Waals surface area (Å²) >= 11 is 0. The molecule has 3 aliphatic heterocycles. The molecule has 7 heteroatoms. The van der Waals surface area contributed by atoms with Crippen LogP contribution in [0.1, 0.15) is 16.8 Å². The van der Waals surface area contributed by atoms with Crippen LogP contribution in [-0.4, -0.2) is 69.7 Å². The molecule has 1 amide bonds. The van der Waals surface area contributed by atoms with Crippen LogP contribution in [0.25, 0.3) is 0 Å².